The topological polar surface area (TPSA) is 133 Å². The van der Waals surface area contributed by atoms with Crippen LogP contribution in [0.15, 0.2) is 61.1 Å². The number of halogens is 5. The number of nitrogens with zero attached hydrogens (tertiary/aromatic N) is 6. The Labute approximate surface area is 278 Å². The fourth-order valence-electron chi connectivity index (χ4n) is 6.10. The van der Waals surface area contributed by atoms with Gasteiger partial charge in [0, 0.05) is 42.7 Å². The maximum absolute atomic E-state index is 13.7. The smallest absolute Gasteiger partial charge is 0.355 e. The number of likely N-dealkylation sites (tertiary alicyclic amines) is 1. The minimum absolute atomic E-state index is 0.0958. The second-order valence-corrected chi connectivity index (χ2v) is 13.6. The highest BCUT2D eigenvalue weighted by molar-refractivity contribution is 7.93. The normalized spacial score (nSPS) is 18.0. The monoisotopic (exact) mass is 704 g/mol. The summed E-state index contributed by atoms with van der Waals surface area (Å²) in [6.45, 7) is 2.14. The lowest BCUT2D eigenvalue weighted by atomic mass is 9.98. The molecule has 5 aromatic rings. The SMILES string of the molecule is C[C@H](Oc1cc(-c2nn(C)c3c(-c4cnn(C5CCN(C)C(C(F)F)C5)c4)cnc(N)c23)ccc1NS(=O)(=O)C(F)F)c1ccc(F)cc1. The lowest BCUT2D eigenvalue weighted by Crippen LogP contribution is -2.44. The van der Waals surface area contributed by atoms with Gasteiger partial charge in [0.1, 0.15) is 29.2 Å². The molecule has 3 aromatic heterocycles. The van der Waals surface area contributed by atoms with Crippen LogP contribution in [0.4, 0.5) is 33.5 Å². The number of rotatable bonds is 10. The molecule has 0 radical (unpaired) electrons. The molecule has 3 atom stereocenters. The van der Waals surface area contributed by atoms with Crippen molar-refractivity contribution in [3.05, 3.63) is 72.4 Å². The molecule has 4 heterocycles. The van der Waals surface area contributed by atoms with E-state index in [1.807, 2.05) is 4.72 Å². The third-order valence-corrected chi connectivity index (χ3v) is 9.72. The van der Waals surface area contributed by atoms with Crippen LogP contribution in [-0.2, 0) is 17.1 Å². The van der Waals surface area contributed by atoms with Gasteiger partial charge in [-0.15, -0.1) is 0 Å². The summed E-state index contributed by atoms with van der Waals surface area (Å²) in [7, 11) is -1.67. The highest BCUT2D eigenvalue weighted by Gasteiger charge is 2.34. The van der Waals surface area contributed by atoms with Crippen molar-refractivity contribution >= 4 is 32.4 Å². The number of fused-ring (bicyclic) bond motifs is 1. The third-order valence-electron chi connectivity index (χ3n) is 8.75. The maximum Gasteiger partial charge on any atom is 0.355 e. The number of ether oxygens (including phenoxy) is 1. The van der Waals surface area contributed by atoms with E-state index in [9.17, 15) is 30.4 Å². The first-order valence-corrected chi connectivity index (χ1v) is 16.8. The standard InChI is InChI=1S/C32H33F5N8O3S/c1-17(18-4-7-21(33)8-5-18)48-26-12-19(6-9-24(26)42-49(46,47)32(36)37)28-27-29(44(3)41-28)23(15-39-31(27)38)20-14-40-45(16-20)22-10-11-43(2)25(13-22)30(34)35/h4-9,12,14-17,22,25,30,32,42H,10-11,13H2,1-3H3,(H2,38,39)/t17-,22?,25?/m0/s1. The molecule has 0 bridgehead atoms. The van der Waals surface area contributed by atoms with Gasteiger partial charge in [-0.25, -0.2) is 26.6 Å². The van der Waals surface area contributed by atoms with Gasteiger partial charge in [-0.2, -0.15) is 19.0 Å². The van der Waals surface area contributed by atoms with Crippen molar-refractivity contribution in [3.63, 3.8) is 0 Å². The van der Waals surface area contributed by atoms with E-state index >= 15 is 0 Å². The van der Waals surface area contributed by atoms with Crippen molar-refractivity contribution in [2.45, 2.75) is 50.1 Å². The Morgan fingerprint density at radius 2 is 1.78 bits per heavy atom. The molecule has 1 aliphatic heterocycles. The predicted molar refractivity (Wildman–Crippen MR) is 174 cm³/mol. The van der Waals surface area contributed by atoms with Crippen molar-refractivity contribution in [1.29, 1.82) is 0 Å². The molecule has 0 spiro atoms. The number of piperidine rings is 1. The van der Waals surface area contributed by atoms with Crippen LogP contribution in [-0.4, -0.2) is 69.7 Å². The van der Waals surface area contributed by atoms with Crippen LogP contribution in [0.1, 0.15) is 37.5 Å². The molecule has 1 aliphatic rings. The number of aryl methyl sites for hydroxylation is 1. The van der Waals surface area contributed by atoms with Gasteiger partial charge < -0.3 is 10.5 Å². The van der Waals surface area contributed by atoms with E-state index in [0.717, 1.165) is 0 Å². The zero-order valence-corrected chi connectivity index (χ0v) is 27.4. The number of nitrogen functional groups attached to an aromatic ring is 1. The molecular weight excluding hydrogens is 671 g/mol. The molecule has 0 amide bonds. The Kier molecular flexibility index (Phi) is 9.23. The summed E-state index contributed by atoms with van der Waals surface area (Å²) in [5, 5.41) is 9.63. The fourth-order valence-corrected chi connectivity index (χ4v) is 6.66. The van der Waals surface area contributed by atoms with Crippen LogP contribution >= 0.6 is 0 Å². The summed E-state index contributed by atoms with van der Waals surface area (Å²) in [6.07, 6.45) is 2.65. The number of sulfonamides is 1. The molecule has 260 valence electrons. The van der Waals surface area contributed by atoms with E-state index in [4.69, 9.17) is 10.5 Å². The number of aromatic nitrogens is 5. The van der Waals surface area contributed by atoms with Crippen LogP contribution < -0.4 is 15.2 Å². The molecule has 11 nitrogen and oxygen atoms in total. The summed E-state index contributed by atoms with van der Waals surface area (Å²) >= 11 is 0. The van der Waals surface area contributed by atoms with Gasteiger partial charge in [0.25, 0.3) is 16.4 Å². The van der Waals surface area contributed by atoms with E-state index in [0.29, 0.717) is 51.8 Å². The molecule has 3 N–H and O–H groups in total. The average Bonchev–Trinajstić information content (AvgIpc) is 3.68. The lowest BCUT2D eigenvalue weighted by molar-refractivity contribution is 0.00286. The number of nitrogens with one attached hydrogen (secondary N) is 1. The van der Waals surface area contributed by atoms with E-state index < -0.39 is 40.2 Å². The first-order valence-electron chi connectivity index (χ1n) is 15.2. The highest BCUT2D eigenvalue weighted by atomic mass is 32.2. The van der Waals surface area contributed by atoms with Crippen molar-refractivity contribution in [1.82, 2.24) is 29.4 Å². The molecule has 1 fully saturated rings. The number of anilines is 2. The molecule has 1 saturated heterocycles. The summed E-state index contributed by atoms with van der Waals surface area (Å²) < 4.78 is 103. The van der Waals surface area contributed by atoms with Crippen molar-refractivity contribution in [3.8, 4) is 28.1 Å². The van der Waals surface area contributed by atoms with Gasteiger partial charge in [0.2, 0.25) is 0 Å². The summed E-state index contributed by atoms with van der Waals surface area (Å²) in [5.41, 5.74) is 9.29. The van der Waals surface area contributed by atoms with Crippen molar-refractivity contribution in [2.24, 2.45) is 7.05 Å². The van der Waals surface area contributed by atoms with Crippen LogP contribution in [0.2, 0.25) is 0 Å². The molecular formula is C32H33F5N8O3S. The van der Waals surface area contributed by atoms with Gasteiger partial charge in [-0.1, -0.05) is 18.2 Å². The van der Waals surface area contributed by atoms with Crippen molar-refractivity contribution < 1.29 is 35.1 Å². The quantitative estimate of drug-likeness (QED) is 0.164. The molecule has 6 rings (SSSR count). The lowest BCUT2D eigenvalue weighted by Gasteiger charge is -2.36. The molecule has 49 heavy (non-hydrogen) atoms. The van der Waals surface area contributed by atoms with E-state index in [2.05, 4.69) is 15.2 Å². The van der Waals surface area contributed by atoms with E-state index in [1.54, 1.807) is 53.9 Å². The maximum atomic E-state index is 13.7. The summed E-state index contributed by atoms with van der Waals surface area (Å²) in [4.78, 5) is 6.06. The van der Waals surface area contributed by atoms with Gasteiger partial charge >= 0.3 is 5.76 Å². The highest BCUT2D eigenvalue weighted by Crippen LogP contribution is 2.41. The number of hydrogen-bond donors (Lipinski definition) is 2. The number of nitrogens with two attached hydrogens (primary N) is 1. The molecule has 17 heteroatoms. The summed E-state index contributed by atoms with van der Waals surface area (Å²) in [6, 6.07) is 8.53. The minimum atomic E-state index is -5.06. The first-order chi connectivity index (χ1) is 23.2. The second-order valence-electron chi connectivity index (χ2n) is 12.0. The third kappa shape index (κ3) is 6.76. The average molecular weight is 705 g/mol. The van der Waals surface area contributed by atoms with Gasteiger partial charge in [-0.3, -0.25) is 19.0 Å². The Hall–Kier alpha value is -4.77. The summed E-state index contributed by atoms with van der Waals surface area (Å²) in [5.74, 6) is -4.13. The number of pyridine rings is 1. The largest absolute Gasteiger partial charge is 0.484 e. The van der Waals surface area contributed by atoms with Gasteiger partial charge in [-0.05, 0) is 56.6 Å². The zero-order chi connectivity index (χ0) is 35.2. The molecule has 2 unspecified atom stereocenters. The second kappa shape index (κ2) is 13.3. The Balaban J connectivity index is 1.39. The van der Waals surface area contributed by atoms with Crippen LogP contribution in [0.25, 0.3) is 33.3 Å². The molecule has 0 saturated carbocycles. The Morgan fingerprint density at radius 3 is 2.47 bits per heavy atom. The van der Waals surface area contributed by atoms with E-state index in [1.165, 1.54) is 42.5 Å². The number of alkyl halides is 4. The van der Waals surface area contributed by atoms with Gasteiger partial charge in [0.05, 0.1) is 34.9 Å². The first kappa shape index (κ1) is 34.1. The number of benzene rings is 2. The van der Waals surface area contributed by atoms with Crippen molar-refractivity contribution in [2.75, 3.05) is 24.0 Å². The van der Waals surface area contributed by atoms with Crippen LogP contribution in [0.5, 0.6) is 5.75 Å². The van der Waals surface area contributed by atoms with Crippen LogP contribution in [0.3, 0.4) is 0 Å². The predicted octanol–water partition coefficient (Wildman–Crippen LogP) is 6.22. The fraction of sp³-hybridized carbons (Fsp3) is 0.344. The van der Waals surface area contributed by atoms with Gasteiger partial charge in [0.15, 0.2) is 0 Å². The molecule has 2 aromatic carbocycles. The number of hydrogen-bond acceptors (Lipinski definition) is 8. The van der Waals surface area contributed by atoms with E-state index in [-0.39, 0.29) is 29.7 Å². The Bertz CT molecular complexity index is 2090. The zero-order valence-electron chi connectivity index (χ0n) is 26.6. The molecule has 0 aliphatic carbocycles. The van der Waals surface area contributed by atoms with Crippen LogP contribution in [0, 0.1) is 5.82 Å². The Morgan fingerprint density at radius 1 is 1.04 bits per heavy atom. The minimum Gasteiger partial charge on any atom is -0.484 e.